The van der Waals surface area contributed by atoms with Crippen LogP contribution >= 0.6 is 0 Å². The standard InChI is InChI=1S/C7H6F3N3O6S/c1-18-3-2-4(13(14)15)12-6(20(11,16)17)5(3)19-7(8,9)10/h2H,1H3,(H2,11,16,17). The fourth-order valence-electron chi connectivity index (χ4n) is 1.12. The molecular weight excluding hydrogens is 311 g/mol. The first-order chi connectivity index (χ1) is 8.95. The van der Waals surface area contributed by atoms with Gasteiger partial charge in [-0.2, -0.15) is 0 Å². The van der Waals surface area contributed by atoms with E-state index in [9.17, 15) is 31.7 Å². The molecule has 9 nitrogen and oxygen atoms in total. The van der Waals surface area contributed by atoms with Crippen molar-refractivity contribution in [3.05, 3.63) is 16.2 Å². The highest BCUT2D eigenvalue weighted by atomic mass is 32.2. The highest BCUT2D eigenvalue weighted by molar-refractivity contribution is 7.89. The molecule has 112 valence electrons. The van der Waals surface area contributed by atoms with Gasteiger partial charge in [0.1, 0.15) is 0 Å². The highest BCUT2D eigenvalue weighted by Gasteiger charge is 2.39. The lowest BCUT2D eigenvalue weighted by Gasteiger charge is -2.12. The van der Waals surface area contributed by atoms with E-state index in [1.165, 1.54) is 0 Å². The molecule has 0 saturated carbocycles. The molecule has 0 bridgehead atoms. The smallest absolute Gasteiger partial charge is 0.492 e. The van der Waals surface area contributed by atoms with E-state index < -0.39 is 43.7 Å². The first kappa shape index (κ1) is 15.9. The van der Waals surface area contributed by atoms with Crippen LogP contribution in [0.15, 0.2) is 11.1 Å². The molecule has 0 atom stereocenters. The van der Waals surface area contributed by atoms with Crippen molar-refractivity contribution in [2.75, 3.05) is 7.11 Å². The molecule has 1 aromatic rings. The molecule has 13 heteroatoms. The number of ether oxygens (including phenoxy) is 2. The van der Waals surface area contributed by atoms with Crippen LogP contribution in [0.3, 0.4) is 0 Å². The van der Waals surface area contributed by atoms with Crippen LogP contribution in [-0.2, 0) is 10.0 Å². The number of primary sulfonamides is 1. The van der Waals surface area contributed by atoms with Crippen molar-refractivity contribution in [2.24, 2.45) is 5.14 Å². The van der Waals surface area contributed by atoms with Gasteiger partial charge in [0.25, 0.3) is 10.0 Å². The van der Waals surface area contributed by atoms with E-state index in [1.807, 2.05) is 0 Å². The van der Waals surface area contributed by atoms with Gasteiger partial charge in [-0.1, -0.05) is 0 Å². The van der Waals surface area contributed by atoms with Gasteiger partial charge >= 0.3 is 17.2 Å². The van der Waals surface area contributed by atoms with Crippen molar-refractivity contribution in [3.8, 4) is 11.5 Å². The zero-order chi connectivity index (χ0) is 15.7. The van der Waals surface area contributed by atoms with Crippen LogP contribution in [0, 0.1) is 10.1 Å². The summed E-state index contributed by atoms with van der Waals surface area (Å²) < 4.78 is 66.8. The van der Waals surface area contributed by atoms with Gasteiger partial charge in [-0.25, -0.2) is 13.6 Å². The van der Waals surface area contributed by atoms with Crippen molar-refractivity contribution in [1.82, 2.24) is 4.98 Å². The van der Waals surface area contributed by atoms with Gasteiger partial charge in [-0.15, -0.1) is 13.2 Å². The van der Waals surface area contributed by atoms with Crippen LogP contribution in [0.1, 0.15) is 0 Å². The molecule has 0 saturated heterocycles. The summed E-state index contributed by atoms with van der Waals surface area (Å²) in [5.74, 6) is -3.30. The van der Waals surface area contributed by atoms with Crippen LogP contribution in [0.5, 0.6) is 11.5 Å². The van der Waals surface area contributed by atoms with E-state index in [4.69, 9.17) is 0 Å². The second-order valence-electron chi connectivity index (χ2n) is 3.17. The number of alkyl halides is 3. The molecule has 0 aliphatic rings. The summed E-state index contributed by atoms with van der Waals surface area (Å²) in [6.45, 7) is 0. The number of hydrogen-bond acceptors (Lipinski definition) is 7. The maximum Gasteiger partial charge on any atom is 0.573 e. The minimum Gasteiger partial charge on any atom is -0.492 e. The van der Waals surface area contributed by atoms with Crippen LogP contribution in [-0.4, -0.2) is 31.8 Å². The van der Waals surface area contributed by atoms with Gasteiger partial charge in [-0.05, 0) is 9.91 Å². The number of sulfonamides is 1. The number of halogens is 3. The second-order valence-corrected chi connectivity index (χ2v) is 4.64. The number of nitro groups is 1. The van der Waals surface area contributed by atoms with Crippen molar-refractivity contribution in [1.29, 1.82) is 0 Å². The summed E-state index contributed by atoms with van der Waals surface area (Å²) in [4.78, 5) is 12.3. The maximum absolute atomic E-state index is 12.2. The Hall–Kier alpha value is -2.15. The van der Waals surface area contributed by atoms with E-state index in [0.29, 0.717) is 6.07 Å². The topological polar surface area (TPSA) is 135 Å². The van der Waals surface area contributed by atoms with Gasteiger partial charge in [0.05, 0.1) is 13.2 Å². The Bertz CT molecular complexity index is 644. The number of hydrogen-bond donors (Lipinski definition) is 1. The Labute approximate surface area is 109 Å². The lowest BCUT2D eigenvalue weighted by atomic mass is 10.4. The lowest BCUT2D eigenvalue weighted by molar-refractivity contribution is -0.390. The SMILES string of the molecule is COc1cc([N+](=O)[O-])nc(S(N)(=O)=O)c1OC(F)(F)F. The Morgan fingerprint density at radius 2 is 2.00 bits per heavy atom. The van der Waals surface area contributed by atoms with Crippen molar-refractivity contribution in [2.45, 2.75) is 11.4 Å². The summed E-state index contributed by atoms with van der Waals surface area (Å²) in [6, 6.07) is 0.468. The molecule has 0 aliphatic heterocycles. The molecule has 0 spiro atoms. The Balaban J connectivity index is 3.66. The number of nitrogens with zero attached hydrogens (tertiary/aromatic N) is 2. The minimum absolute atomic E-state index is 0.468. The lowest BCUT2D eigenvalue weighted by Crippen LogP contribution is -2.23. The predicted octanol–water partition coefficient (Wildman–Crippen LogP) is 0.544. The average molecular weight is 317 g/mol. The van der Waals surface area contributed by atoms with E-state index in [-0.39, 0.29) is 0 Å². The molecule has 1 aromatic heterocycles. The van der Waals surface area contributed by atoms with Crippen LogP contribution in [0.4, 0.5) is 19.0 Å². The Morgan fingerprint density at radius 3 is 2.35 bits per heavy atom. The highest BCUT2D eigenvalue weighted by Crippen LogP contribution is 2.38. The van der Waals surface area contributed by atoms with E-state index in [0.717, 1.165) is 7.11 Å². The van der Waals surface area contributed by atoms with Crippen LogP contribution < -0.4 is 14.6 Å². The van der Waals surface area contributed by atoms with E-state index in [2.05, 4.69) is 19.6 Å². The monoisotopic (exact) mass is 317 g/mol. The van der Waals surface area contributed by atoms with Gasteiger partial charge < -0.3 is 19.6 Å². The molecule has 0 fully saturated rings. The molecule has 1 rings (SSSR count). The third kappa shape index (κ3) is 3.67. The van der Waals surface area contributed by atoms with Gasteiger partial charge in [0.2, 0.25) is 5.75 Å². The predicted molar refractivity (Wildman–Crippen MR) is 55.5 cm³/mol. The molecular formula is C7H6F3N3O6S. The van der Waals surface area contributed by atoms with Crippen LogP contribution in [0.25, 0.3) is 0 Å². The Morgan fingerprint density at radius 1 is 1.45 bits per heavy atom. The van der Waals surface area contributed by atoms with Gasteiger partial charge in [0.15, 0.2) is 5.75 Å². The molecule has 2 N–H and O–H groups in total. The third-order valence-corrected chi connectivity index (χ3v) is 2.60. The average Bonchev–Trinajstić information content (AvgIpc) is 2.25. The molecule has 0 aliphatic carbocycles. The summed E-state index contributed by atoms with van der Waals surface area (Å²) in [5, 5.41) is 13.7. The van der Waals surface area contributed by atoms with E-state index >= 15 is 0 Å². The van der Waals surface area contributed by atoms with Crippen molar-refractivity contribution < 1.29 is 36.0 Å². The van der Waals surface area contributed by atoms with Gasteiger partial charge in [0, 0.05) is 0 Å². The summed E-state index contributed by atoms with van der Waals surface area (Å²) in [6.07, 6.45) is -5.27. The zero-order valence-electron chi connectivity index (χ0n) is 9.54. The van der Waals surface area contributed by atoms with E-state index in [1.54, 1.807) is 0 Å². The van der Waals surface area contributed by atoms with Crippen LogP contribution in [0.2, 0.25) is 0 Å². The van der Waals surface area contributed by atoms with Crippen molar-refractivity contribution in [3.63, 3.8) is 0 Å². The number of methoxy groups -OCH3 is 1. The normalized spacial score (nSPS) is 12.1. The Kier molecular flexibility index (Phi) is 4.04. The summed E-state index contributed by atoms with van der Waals surface area (Å²) >= 11 is 0. The van der Waals surface area contributed by atoms with Gasteiger partial charge in [-0.3, -0.25) is 0 Å². The first-order valence-corrected chi connectivity index (χ1v) is 6.02. The molecule has 1 heterocycles. The quantitative estimate of drug-likeness (QED) is 0.632. The number of aromatic nitrogens is 1. The third-order valence-electron chi connectivity index (χ3n) is 1.79. The largest absolute Gasteiger partial charge is 0.573 e. The maximum atomic E-state index is 12.2. The molecule has 20 heavy (non-hydrogen) atoms. The fraction of sp³-hybridized carbons (Fsp3) is 0.286. The fourth-order valence-corrected chi connectivity index (χ4v) is 1.74. The second kappa shape index (κ2) is 5.09. The molecule has 0 amide bonds. The summed E-state index contributed by atoms with van der Waals surface area (Å²) in [7, 11) is -3.96. The summed E-state index contributed by atoms with van der Waals surface area (Å²) in [5.41, 5.74) is 0. The van der Waals surface area contributed by atoms with Crippen molar-refractivity contribution >= 4 is 15.8 Å². The number of rotatable bonds is 4. The zero-order valence-corrected chi connectivity index (χ0v) is 10.4. The number of nitrogens with two attached hydrogens (primary N) is 1. The minimum atomic E-state index is -5.27. The molecule has 0 aromatic carbocycles. The molecule has 0 radical (unpaired) electrons. The molecule has 0 unspecified atom stereocenters. The number of pyridine rings is 1. The first-order valence-electron chi connectivity index (χ1n) is 4.47.